The third-order valence-electron chi connectivity index (χ3n) is 3.03. The Balaban J connectivity index is 4.45. The first-order valence-corrected chi connectivity index (χ1v) is 5.16. The molecule has 14 heavy (non-hydrogen) atoms. The molecule has 2 N–H and O–H groups in total. The molecule has 0 saturated carbocycles. The summed E-state index contributed by atoms with van der Waals surface area (Å²) in [5.74, 6) is -0.00347. The summed E-state index contributed by atoms with van der Waals surface area (Å²) >= 11 is 0. The molecule has 1 unspecified atom stereocenters. The molecular formula is C11H23NO2. The Morgan fingerprint density at radius 3 is 2.07 bits per heavy atom. The van der Waals surface area contributed by atoms with Gasteiger partial charge in [-0.25, -0.2) is 0 Å². The minimum atomic E-state index is -0.921. The van der Waals surface area contributed by atoms with Crippen molar-refractivity contribution in [3.8, 4) is 0 Å². The fourth-order valence-electron chi connectivity index (χ4n) is 0.770. The van der Waals surface area contributed by atoms with Gasteiger partial charge in [-0.2, -0.15) is 0 Å². The van der Waals surface area contributed by atoms with Crippen LogP contribution < -0.4 is 5.32 Å². The van der Waals surface area contributed by atoms with Crippen LogP contribution in [-0.4, -0.2) is 22.2 Å². The SMILES string of the molecule is CCC(C)C(=O)NC(C)(C)C(C)(C)O. The van der Waals surface area contributed by atoms with E-state index in [4.69, 9.17) is 0 Å². The Bertz CT molecular complexity index is 204. The third kappa shape index (κ3) is 3.29. The molecule has 0 heterocycles. The van der Waals surface area contributed by atoms with Crippen molar-refractivity contribution in [1.29, 1.82) is 0 Å². The van der Waals surface area contributed by atoms with E-state index in [9.17, 15) is 9.90 Å². The number of hydrogen-bond donors (Lipinski definition) is 2. The lowest BCUT2D eigenvalue weighted by molar-refractivity contribution is -0.129. The van der Waals surface area contributed by atoms with Crippen LogP contribution >= 0.6 is 0 Å². The molecule has 0 aromatic rings. The van der Waals surface area contributed by atoms with E-state index >= 15 is 0 Å². The van der Waals surface area contributed by atoms with E-state index < -0.39 is 11.1 Å². The summed E-state index contributed by atoms with van der Waals surface area (Å²) in [7, 11) is 0. The summed E-state index contributed by atoms with van der Waals surface area (Å²) in [5, 5.41) is 12.7. The fourth-order valence-corrected chi connectivity index (χ4v) is 0.770. The Labute approximate surface area is 86.9 Å². The first-order valence-electron chi connectivity index (χ1n) is 5.16. The van der Waals surface area contributed by atoms with Crippen LogP contribution in [0.2, 0.25) is 0 Å². The Morgan fingerprint density at radius 1 is 1.36 bits per heavy atom. The first-order chi connectivity index (χ1) is 6.12. The standard InChI is InChI=1S/C11H23NO2/c1-7-8(2)9(13)12-10(3,4)11(5,6)14/h8,14H,7H2,1-6H3,(H,12,13). The minimum absolute atomic E-state index is 0.000347. The number of carbonyl (C=O) groups is 1. The molecule has 1 amide bonds. The van der Waals surface area contributed by atoms with E-state index in [0.717, 1.165) is 6.42 Å². The summed E-state index contributed by atoms with van der Waals surface area (Å²) < 4.78 is 0. The molecule has 0 aromatic carbocycles. The van der Waals surface area contributed by atoms with Crippen LogP contribution in [0.5, 0.6) is 0 Å². The van der Waals surface area contributed by atoms with E-state index in [-0.39, 0.29) is 11.8 Å². The van der Waals surface area contributed by atoms with Crippen molar-refractivity contribution >= 4 is 5.91 Å². The molecule has 0 aliphatic carbocycles. The lowest BCUT2D eigenvalue weighted by Gasteiger charge is -2.38. The van der Waals surface area contributed by atoms with Gasteiger partial charge in [0.25, 0.3) is 0 Å². The molecule has 0 bridgehead atoms. The van der Waals surface area contributed by atoms with Gasteiger partial charge in [-0.15, -0.1) is 0 Å². The van der Waals surface area contributed by atoms with Crippen molar-refractivity contribution in [3.63, 3.8) is 0 Å². The van der Waals surface area contributed by atoms with Gasteiger partial charge in [-0.3, -0.25) is 4.79 Å². The molecular weight excluding hydrogens is 178 g/mol. The van der Waals surface area contributed by atoms with Crippen LogP contribution in [-0.2, 0) is 4.79 Å². The molecule has 0 aliphatic heterocycles. The van der Waals surface area contributed by atoms with Crippen LogP contribution in [0.15, 0.2) is 0 Å². The Morgan fingerprint density at radius 2 is 1.79 bits per heavy atom. The summed E-state index contributed by atoms with van der Waals surface area (Å²) in [6.07, 6.45) is 0.813. The van der Waals surface area contributed by atoms with Gasteiger partial charge >= 0.3 is 0 Å². The van der Waals surface area contributed by atoms with Crippen molar-refractivity contribution in [2.24, 2.45) is 5.92 Å². The molecule has 0 rings (SSSR count). The zero-order valence-corrected chi connectivity index (χ0v) is 10.1. The molecule has 0 aliphatic rings. The van der Waals surface area contributed by atoms with Gasteiger partial charge in [0.2, 0.25) is 5.91 Å². The van der Waals surface area contributed by atoms with Gasteiger partial charge in [0, 0.05) is 5.92 Å². The van der Waals surface area contributed by atoms with Gasteiger partial charge in [0.15, 0.2) is 0 Å². The number of nitrogens with one attached hydrogen (secondary N) is 1. The number of carbonyl (C=O) groups excluding carboxylic acids is 1. The third-order valence-corrected chi connectivity index (χ3v) is 3.03. The van der Waals surface area contributed by atoms with Crippen molar-refractivity contribution in [3.05, 3.63) is 0 Å². The Hall–Kier alpha value is -0.570. The van der Waals surface area contributed by atoms with Gasteiger partial charge in [-0.1, -0.05) is 13.8 Å². The monoisotopic (exact) mass is 201 g/mol. The molecule has 1 atom stereocenters. The van der Waals surface area contributed by atoms with E-state index in [1.807, 2.05) is 27.7 Å². The normalized spacial score (nSPS) is 15.1. The highest BCUT2D eigenvalue weighted by molar-refractivity contribution is 5.79. The number of aliphatic hydroxyl groups is 1. The molecule has 0 aromatic heterocycles. The van der Waals surface area contributed by atoms with Gasteiger partial charge < -0.3 is 10.4 Å². The van der Waals surface area contributed by atoms with Crippen molar-refractivity contribution < 1.29 is 9.90 Å². The zero-order chi connectivity index (χ0) is 11.6. The largest absolute Gasteiger partial charge is 0.388 e. The number of amides is 1. The minimum Gasteiger partial charge on any atom is -0.388 e. The van der Waals surface area contributed by atoms with Gasteiger partial charge in [0.05, 0.1) is 11.1 Å². The van der Waals surface area contributed by atoms with Crippen LogP contribution in [0.3, 0.4) is 0 Å². The second kappa shape index (κ2) is 4.30. The number of rotatable bonds is 4. The lowest BCUT2D eigenvalue weighted by Crippen LogP contribution is -2.58. The molecule has 84 valence electrons. The highest BCUT2D eigenvalue weighted by Gasteiger charge is 2.36. The smallest absolute Gasteiger partial charge is 0.223 e. The quantitative estimate of drug-likeness (QED) is 0.727. The van der Waals surface area contributed by atoms with Gasteiger partial charge in [0.1, 0.15) is 0 Å². The summed E-state index contributed by atoms with van der Waals surface area (Å²) in [6, 6.07) is 0. The predicted octanol–water partition coefficient (Wildman–Crippen LogP) is 1.70. The first kappa shape index (κ1) is 13.4. The maximum Gasteiger partial charge on any atom is 0.223 e. The van der Waals surface area contributed by atoms with Crippen molar-refractivity contribution in [1.82, 2.24) is 5.32 Å². The topological polar surface area (TPSA) is 49.3 Å². The molecule has 0 fully saturated rings. The molecule has 0 saturated heterocycles. The van der Waals surface area contributed by atoms with Crippen LogP contribution in [0.4, 0.5) is 0 Å². The zero-order valence-electron chi connectivity index (χ0n) is 10.1. The average Bonchev–Trinajstić information content (AvgIpc) is 2.00. The van der Waals surface area contributed by atoms with E-state index in [1.165, 1.54) is 0 Å². The maximum absolute atomic E-state index is 11.6. The summed E-state index contributed by atoms with van der Waals surface area (Å²) in [5.41, 5.74) is -1.52. The van der Waals surface area contributed by atoms with E-state index in [1.54, 1.807) is 13.8 Å². The summed E-state index contributed by atoms with van der Waals surface area (Å²) in [6.45, 7) is 10.9. The maximum atomic E-state index is 11.6. The second-order valence-corrected chi connectivity index (χ2v) is 4.98. The van der Waals surface area contributed by atoms with Crippen LogP contribution in [0.25, 0.3) is 0 Å². The lowest BCUT2D eigenvalue weighted by atomic mass is 9.85. The second-order valence-electron chi connectivity index (χ2n) is 4.98. The molecule has 0 radical (unpaired) electrons. The van der Waals surface area contributed by atoms with Crippen LogP contribution in [0.1, 0.15) is 48.0 Å². The highest BCUT2D eigenvalue weighted by atomic mass is 16.3. The molecule has 3 heteroatoms. The average molecular weight is 201 g/mol. The molecule has 0 spiro atoms. The van der Waals surface area contributed by atoms with E-state index in [0.29, 0.717) is 0 Å². The molecule has 3 nitrogen and oxygen atoms in total. The van der Waals surface area contributed by atoms with Crippen molar-refractivity contribution in [2.75, 3.05) is 0 Å². The van der Waals surface area contributed by atoms with Gasteiger partial charge in [-0.05, 0) is 34.1 Å². The van der Waals surface area contributed by atoms with Crippen molar-refractivity contribution in [2.45, 2.75) is 59.1 Å². The van der Waals surface area contributed by atoms with E-state index in [2.05, 4.69) is 5.32 Å². The Kier molecular flexibility index (Phi) is 4.13. The predicted molar refractivity (Wildman–Crippen MR) is 58.0 cm³/mol. The number of hydrogen-bond acceptors (Lipinski definition) is 2. The summed E-state index contributed by atoms with van der Waals surface area (Å²) in [4.78, 5) is 11.6. The highest BCUT2D eigenvalue weighted by Crippen LogP contribution is 2.21. The fraction of sp³-hybridized carbons (Fsp3) is 0.909. The van der Waals surface area contributed by atoms with Crippen LogP contribution in [0, 0.1) is 5.92 Å².